The van der Waals surface area contributed by atoms with Crippen molar-refractivity contribution < 1.29 is 4.39 Å². The van der Waals surface area contributed by atoms with E-state index in [-0.39, 0.29) is 11.2 Å². The Hall–Kier alpha value is -1.40. The second-order valence-corrected chi connectivity index (χ2v) is 5.40. The number of nitrogens with one attached hydrogen (secondary N) is 1. The minimum Gasteiger partial charge on any atom is -0.313 e. The zero-order valence-electron chi connectivity index (χ0n) is 10.7. The van der Waals surface area contributed by atoms with E-state index in [4.69, 9.17) is 5.26 Å². The van der Waals surface area contributed by atoms with Gasteiger partial charge in [0.05, 0.1) is 11.6 Å². The summed E-state index contributed by atoms with van der Waals surface area (Å²) < 4.78 is 13.0. The first-order valence-corrected chi connectivity index (χ1v) is 5.81. The molecule has 0 aliphatic carbocycles. The first kappa shape index (κ1) is 13.7. The molecule has 3 heteroatoms. The lowest BCUT2D eigenvalue weighted by Gasteiger charge is -2.18. The first-order valence-electron chi connectivity index (χ1n) is 5.81. The van der Waals surface area contributed by atoms with E-state index >= 15 is 0 Å². The second-order valence-electron chi connectivity index (χ2n) is 5.40. The van der Waals surface area contributed by atoms with Crippen LogP contribution in [0.3, 0.4) is 0 Å². The molecule has 1 rings (SSSR count). The number of nitriles is 1. The van der Waals surface area contributed by atoms with E-state index in [2.05, 4.69) is 32.2 Å². The van der Waals surface area contributed by atoms with Crippen molar-refractivity contribution >= 4 is 0 Å². The molecule has 0 heterocycles. The van der Waals surface area contributed by atoms with Gasteiger partial charge in [-0.15, -0.1) is 0 Å². The van der Waals surface area contributed by atoms with E-state index in [1.807, 2.05) is 0 Å². The lowest BCUT2D eigenvalue weighted by atomic mass is 9.92. The standard InChI is InChI=1S/C14H19FN2/c1-14(2,3)6-7-17-10-12-8-13(15)5-4-11(12)9-16/h4-5,8,17H,6-7,10H2,1-3H3. The van der Waals surface area contributed by atoms with Crippen molar-refractivity contribution in [3.8, 4) is 6.07 Å². The molecule has 0 bridgehead atoms. The van der Waals surface area contributed by atoms with Crippen LogP contribution in [0, 0.1) is 22.6 Å². The largest absolute Gasteiger partial charge is 0.313 e. The summed E-state index contributed by atoms with van der Waals surface area (Å²) in [7, 11) is 0. The van der Waals surface area contributed by atoms with E-state index in [9.17, 15) is 4.39 Å². The Bertz CT molecular complexity index is 413. The fraction of sp³-hybridized carbons (Fsp3) is 0.500. The maximum atomic E-state index is 13.0. The normalized spacial score (nSPS) is 11.2. The predicted molar refractivity (Wildman–Crippen MR) is 66.9 cm³/mol. The maximum absolute atomic E-state index is 13.0. The number of hydrogen-bond donors (Lipinski definition) is 1. The van der Waals surface area contributed by atoms with Crippen molar-refractivity contribution in [1.29, 1.82) is 5.26 Å². The van der Waals surface area contributed by atoms with Crippen LogP contribution >= 0.6 is 0 Å². The van der Waals surface area contributed by atoms with Crippen molar-refractivity contribution in [2.24, 2.45) is 5.41 Å². The SMILES string of the molecule is CC(C)(C)CCNCc1cc(F)ccc1C#N. The van der Waals surface area contributed by atoms with Crippen LogP contribution in [0.1, 0.15) is 38.3 Å². The third kappa shape index (κ3) is 4.97. The highest BCUT2D eigenvalue weighted by molar-refractivity contribution is 5.37. The minimum absolute atomic E-state index is 0.285. The van der Waals surface area contributed by atoms with Gasteiger partial charge < -0.3 is 5.32 Å². The molecular weight excluding hydrogens is 215 g/mol. The third-order valence-electron chi connectivity index (χ3n) is 2.55. The summed E-state index contributed by atoms with van der Waals surface area (Å²) in [6, 6.07) is 6.33. The fourth-order valence-corrected chi connectivity index (χ4v) is 1.50. The van der Waals surface area contributed by atoms with Crippen molar-refractivity contribution in [2.45, 2.75) is 33.7 Å². The molecule has 0 spiro atoms. The average molecular weight is 234 g/mol. The van der Waals surface area contributed by atoms with Crippen molar-refractivity contribution in [1.82, 2.24) is 5.32 Å². The van der Waals surface area contributed by atoms with Crippen LogP contribution in [0.25, 0.3) is 0 Å². The number of nitrogens with zero attached hydrogens (tertiary/aromatic N) is 1. The van der Waals surface area contributed by atoms with Crippen molar-refractivity contribution in [3.63, 3.8) is 0 Å². The van der Waals surface area contributed by atoms with Crippen LogP contribution in [0.15, 0.2) is 18.2 Å². The molecule has 1 aromatic rings. The molecule has 0 radical (unpaired) electrons. The van der Waals surface area contributed by atoms with E-state index in [0.717, 1.165) is 18.5 Å². The molecule has 0 amide bonds. The summed E-state index contributed by atoms with van der Waals surface area (Å²) in [5, 5.41) is 12.1. The van der Waals surface area contributed by atoms with Gasteiger partial charge in [0.2, 0.25) is 0 Å². The molecule has 0 aromatic heterocycles. The number of benzene rings is 1. The Morgan fingerprint density at radius 3 is 2.65 bits per heavy atom. The fourth-order valence-electron chi connectivity index (χ4n) is 1.50. The Morgan fingerprint density at radius 1 is 1.35 bits per heavy atom. The van der Waals surface area contributed by atoms with Gasteiger partial charge in [-0.05, 0) is 42.1 Å². The van der Waals surface area contributed by atoms with Gasteiger partial charge in [0.15, 0.2) is 0 Å². The van der Waals surface area contributed by atoms with E-state index in [1.165, 1.54) is 18.2 Å². The summed E-state index contributed by atoms with van der Waals surface area (Å²) in [4.78, 5) is 0. The molecule has 1 N–H and O–H groups in total. The maximum Gasteiger partial charge on any atom is 0.123 e. The van der Waals surface area contributed by atoms with Crippen LogP contribution in [-0.2, 0) is 6.54 Å². The smallest absolute Gasteiger partial charge is 0.123 e. The molecule has 0 aliphatic rings. The van der Waals surface area contributed by atoms with Crippen LogP contribution in [-0.4, -0.2) is 6.54 Å². The van der Waals surface area contributed by atoms with Crippen LogP contribution in [0.5, 0.6) is 0 Å². The second kappa shape index (κ2) is 5.79. The Morgan fingerprint density at radius 2 is 2.06 bits per heavy atom. The van der Waals surface area contributed by atoms with Crippen LogP contribution in [0.2, 0.25) is 0 Å². The summed E-state index contributed by atoms with van der Waals surface area (Å²) in [5.74, 6) is -0.295. The van der Waals surface area contributed by atoms with Crippen molar-refractivity contribution in [3.05, 3.63) is 35.1 Å². The Labute approximate surface area is 102 Å². The van der Waals surface area contributed by atoms with E-state index < -0.39 is 0 Å². The molecule has 92 valence electrons. The Balaban J connectivity index is 2.52. The highest BCUT2D eigenvalue weighted by Gasteiger charge is 2.09. The molecule has 0 fully saturated rings. The highest BCUT2D eigenvalue weighted by Crippen LogP contribution is 2.17. The van der Waals surface area contributed by atoms with Gasteiger partial charge in [-0.1, -0.05) is 20.8 Å². The molecule has 0 unspecified atom stereocenters. The molecular formula is C14H19FN2. The number of hydrogen-bond acceptors (Lipinski definition) is 2. The van der Waals surface area contributed by atoms with Gasteiger partial charge in [-0.2, -0.15) is 5.26 Å². The van der Waals surface area contributed by atoms with E-state index in [0.29, 0.717) is 12.1 Å². The summed E-state index contributed by atoms with van der Waals surface area (Å²) >= 11 is 0. The van der Waals surface area contributed by atoms with Gasteiger partial charge in [0, 0.05) is 6.54 Å². The number of rotatable bonds is 4. The van der Waals surface area contributed by atoms with Crippen LogP contribution < -0.4 is 5.32 Å². The summed E-state index contributed by atoms with van der Waals surface area (Å²) in [5.41, 5.74) is 1.54. The number of halogens is 1. The molecule has 0 aliphatic heterocycles. The highest BCUT2D eigenvalue weighted by atomic mass is 19.1. The van der Waals surface area contributed by atoms with Gasteiger partial charge in [0.1, 0.15) is 5.82 Å². The average Bonchev–Trinajstić information content (AvgIpc) is 2.23. The topological polar surface area (TPSA) is 35.8 Å². The molecule has 0 atom stereocenters. The van der Waals surface area contributed by atoms with Gasteiger partial charge >= 0.3 is 0 Å². The Kier molecular flexibility index (Phi) is 4.65. The zero-order chi connectivity index (χ0) is 12.9. The van der Waals surface area contributed by atoms with Gasteiger partial charge in [0.25, 0.3) is 0 Å². The van der Waals surface area contributed by atoms with Crippen molar-refractivity contribution in [2.75, 3.05) is 6.54 Å². The van der Waals surface area contributed by atoms with Gasteiger partial charge in [-0.3, -0.25) is 0 Å². The first-order chi connectivity index (χ1) is 7.92. The zero-order valence-corrected chi connectivity index (χ0v) is 10.7. The van der Waals surface area contributed by atoms with Crippen LogP contribution in [0.4, 0.5) is 4.39 Å². The molecule has 0 saturated carbocycles. The summed E-state index contributed by atoms with van der Waals surface area (Å²) in [6.45, 7) is 7.94. The molecule has 2 nitrogen and oxygen atoms in total. The minimum atomic E-state index is -0.295. The summed E-state index contributed by atoms with van der Waals surface area (Å²) in [6.07, 6.45) is 1.05. The predicted octanol–water partition coefficient (Wildman–Crippen LogP) is 3.22. The van der Waals surface area contributed by atoms with E-state index in [1.54, 1.807) is 0 Å². The quantitative estimate of drug-likeness (QED) is 0.812. The third-order valence-corrected chi connectivity index (χ3v) is 2.55. The molecule has 17 heavy (non-hydrogen) atoms. The van der Waals surface area contributed by atoms with Gasteiger partial charge in [-0.25, -0.2) is 4.39 Å². The lowest BCUT2D eigenvalue weighted by molar-refractivity contribution is 0.366. The molecule has 0 saturated heterocycles. The molecule has 1 aromatic carbocycles. The lowest BCUT2D eigenvalue weighted by Crippen LogP contribution is -2.20. The monoisotopic (exact) mass is 234 g/mol.